The predicted molar refractivity (Wildman–Crippen MR) is 128 cm³/mol. The van der Waals surface area contributed by atoms with Gasteiger partial charge >= 0.3 is 0 Å². The van der Waals surface area contributed by atoms with E-state index in [0.717, 1.165) is 25.0 Å². The molecule has 8 nitrogen and oxygen atoms in total. The van der Waals surface area contributed by atoms with Crippen molar-refractivity contribution in [2.75, 3.05) is 12.3 Å². The number of nitrogen functional groups attached to an aromatic ring is 1. The molecule has 2 aliphatic rings. The summed E-state index contributed by atoms with van der Waals surface area (Å²) in [6.07, 6.45) is 2.86. The lowest BCUT2D eigenvalue weighted by Crippen LogP contribution is -2.50. The number of amides is 2. The van der Waals surface area contributed by atoms with Gasteiger partial charge in [-0.15, -0.1) is 0 Å². The molecule has 178 valence electrons. The average Bonchev–Trinajstić information content (AvgIpc) is 3.59. The quantitative estimate of drug-likeness (QED) is 0.560. The molecule has 2 bridgehead atoms. The molecule has 1 saturated heterocycles. The number of likely N-dealkylation sites (tertiary alicyclic amines) is 1. The van der Waals surface area contributed by atoms with E-state index in [1.807, 2.05) is 18.7 Å². The van der Waals surface area contributed by atoms with Crippen molar-refractivity contribution in [1.29, 1.82) is 0 Å². The van der Waals surface area contributed by atoms with E-state index in [4.69, 9.17) is 5.73 Å². The van der Waals surface area contributed by atoms with Crippen molar-refractivity contribution in [2.24, 2.45) is 5.92 Å². The lowest BCUT2D eigenvalue weighted by atomic mass is 9.98. The van der Waals surface area contributed by atoms with Crippen LogP contribution in [0.25, 0.3) is 10.4 Å². The van der Waals surface area contributed by atoms with E-state index >= 15 is 0 Å². The molecule has 1 aliphatic heterocycles. The van der Waals surface area contributed by atoms with Gasteiger partial charge in [-0.05, 0) is 62.8 Å². The third kappa shape index (κ3) is 3.96. The van der Waals surface area contributed by atoms with E-state index in [-0.39, 0.29) is 40.5 Å². The van der Waals surface area contributed by atoms with E-state index < -0.39 is 0 Å². The average molecular weight is 483 g/mol. The highest BCUT2D eigenvalue weighted by molar-refractivity contribution is 7.19. The predicted octanol–water partition coefficient (Wildman–Crippen LogP) is 3.48. The van der Waals surface area contributed by atoms with Gasteiger partial charge in [-0.2, -0.15) is 5.10 Å². The second kappa shape index (κ2) is 8.83. The molecule has 2 amide bonds. The van der Waals surface area contributed by atoms with Gasteiger partial charge in [0.2, 0.25) is 0 Å². The van der Waals surface area contributed by atoms with Crippen LogP contribution in [0.5, 0.6) is 0 Å². The zero-order valence-corrected chi connectivity index (χ0v) is 19.9. The summed E-state index contributed by atoms with van der Waals surface area (Å²) in [5.41, 5.74) is 8.10. The van der Waals surface area contributed by atoms with Gasteiger partial charge in [-0.25, -0.2) is 9.37 Å². The monoisotopic (exact) mass is 482 g/mol. The van der Waals surface area contributed by atoms with Crippen LogP contribution in [-0.4, -0.2) is 50.1 Å². The zero-order chi connectivity index (χ0) is 24.0. The van der Waals surface area contributed by atoms with Crippen molar-refractivity contribution in [3.63, 3.8) is 0 Å². The molecule has 1 aliphatic carbocycles. The van der Waals surface area contributed by atoms with Gasteiger partial charge in [-0.1, -0.05) is 23.5 Å². The number of carbonyl (C=O) groups excluding carboxylic acids is 2. The summed E-state index contributed by atoms with van der Waals surface area (Å²) in [5, 5.41) is 7.63. The number of aryl methyl sites for hydroxylation is 2. The number of hydrogen-bond acceptors (Lipinski definition) is 6. The number of benzene rings is 1. The van der Waals surface area contributed by atoms with Crippen LogP contribution >= 0.6 is 11.3 Å². The van der Waals surface area contributed by atoms with Gasteiger partial charge in [0.05, 0.1) is 16.6 Å². The van der Waals surface area contributed by atoms with Gasteiger partial charge in [0.1, 0.15) is 17.2 Å². The molecule has 3 atom stereocenters. The number of nitrogens with zero attached hydrogens (tertiary/aromatic N) is 4. The van der Waals surface area contributed by atoms with Crippen LogP contribution in [0.4, 0.5) is 9.52 Å². The molecular formula is C24H27FN6O2S. The number of hydrogen-bond donors (Lipinski definition) is 2. The number of nitrogens with two attached hydrogens (primary N) is 1. The van der Waals surface area contributed by atoms with Crippen LogP contribution < -0.4 is 11.1 Å². The lowest BCUT2D eigenvalue weighted by Gasteiger charge is -2.35. The molecule has 1 aromatic carbocycles. The molecule has 0 spiro atoms. The Labute approximate surface area is 201 Å². The van der Waals surface area contributed by atoms with Gasteiger partial charge in [0.25, 0.3) is 11.8 Å². The summed E-state index contributed by atoms with van der Waals surface area (Å²) in [7, 11) is 0. The SMILES string of the molecule is CCn1nc(C)cc1C(=O)NC[C@@H]1[C@H]2CC[C@H](C2)N1C(=O)c1nc(N)sc1-c1cccc(F)c1. The molecule has 2 fully saturated rings. The first-order valence-electron chi connectivity index (χ1n) is 11.5. The number of thiazole rings is 1. The summed E-state index contributed by atoms with van der Waals surface area (Å²) in [6, 6.07) is 7.85. The molecule has 3 aromatic rings. The Hall–Kier alpha value is -3.27. The normalized spacial score (nSPS) is 21.3. The molecule has 10 heteroatoms. The molecule has 3 N–H and O–H groups in total. The van der Waals surface area contributed by atoms with Gasteiger partial charge in [-0.3, -0.25) is 14.3 Å². The molecule has 0 unspecified atom stereocenters. The highest BCUT2D eigenvalue weighted by atomic mass is 32.1. The number of nitrogens with one attached hydrogen (secondary N) is 1. The van der Waals surface area contributed by atoms with E-state index in [9.17, 15) is 14.0 Å². The fraction of sp³-hybridized carbons (Fsp3) is 0.417. The van der Waals surface area contributed by atoms with Crippen molar-refractivity contribution in [3.05, 3.63) is 53.2 Å². The summed E-state index contributed by atoms with van der Waals surface area (Å²) >= 11 is 1.18. The summed E-state index contributed by atoms with van der Waals surface area (Å²) < 4.78 is 15.5. The fourth-order valence-electron chi connectivity index (χ4n) is 5.36. The van der Waals surface area contributed by atoms with Crippen LogP contribution in [0.15, 0.2) is 30.3 Å². The van der Waals surface area contributed by atoms with Crippen molar-refractivity contribution >= 4 is 28.3 Å². The van der Waals surface area contributed by atoms with Gasteiger partial charge < -0.3 is 16.0 Å². The molecule has 1 saturated carbocycles. The minimum atomic E-state index is -0.384. The minimum Gasteiger partial charge on any atom is -0.375 e. The number of carbonyl (C=O) groups is 2. The molecule has 34 heavy (non-hydrogen) atoms. The summed E-state index contributed by atoms with van der Waals surface area (Å²) in [5.74, 6) is -0.477. The standard InChI is InChI=1S/C24H27FN6O2S/c1-3-30-18(9-13(2)29-30)22(32)27-12-19-14-7-8-17(11-14)31(19)23(33)20-21(34-24(26)28-20)15-5-4-6-16(25)10-15/h4-6,9-10,14,17,19H,3,7-8,11-12H2,1-2H3,(H2,26,28)(H,27,32)/t14-,17+,19+/m0/s1. The second-order valence-electron chi connectivity index (χ2n) is 8.94. The smallest absolute Gasteiger partial charge is 0.274 e. The van der Waals surface area contributed by atoms with Crippen LogP contribution in [0.2, 0.25) is 0 Å². The van der Waals surface area contributed by atoms with E-state index in [0.29, 0.717) is 35.1 Å². The number of fused-ring (bicyclic) bond motifs is 2. The largest absolute Gasteiger partial charge is 0.375 e. The van der Waals surface area contributed by atoms with E-state index in [2.05, 4.69) is 15.4 Å². The number of piperidine rings is 1. The van der Waals surface area contributed by atoms with Crippen LogP contribution in [0.3, 0.4) is 0 Å². The van der Waals surface area contributed by atoms with Crippen LogP contribution in [0, 0.1) is 18.7 Å². The Kier molecular flexibility index (Phi) is 5.85. The third-order valence-electron chi connectivity index (χ3n) is 6.81. The minimum absolute atomic E-state index is 0.103. The molecule has 0 radical (unpaired) electrons. The highest BCUT2D eigenvalue weighted by Gasteiger charge is 2.49. The molecule has 2 aromatic heterocycles. The van der Waals surface area contributed by atoms with Gasteiger partial charge in [0, 0.05) is 19.1 Å². The number of rotatable bonds is 6. The molecule has 3 heterocycles. The van der Waals surface area contributed by atoms with Crippen molar-refractivity contribution in [3.8, 4) is 10.4 Å². The van der Waals surface area contributed by atoms with Crippen LogP contribution in [0.1, 0.15) is 52.9 Å². The second-order valence-corrected chi connectivity index (χ2v) is 9.97. The number of anilines is 1. The Morgan fingerprint density at radius 1 is 1.29 bits per heavy atom. The topological polar surface area (TPSA) is 106 Å². The zero-order valence-electron chi connectivity index (χ0n) is 19.1. The first kappa shape index (κ1) is 22.5. The summed E-state index contributed by atoms with van der Waals surface area (Å²) in [4.78, 5) is 33.4. The highest BCUT2D eigenvalue weighted by Crippen LogP contribution is 2.44. The summed E-state index contributed by atoms with van der Waals surface area (Å²) in [6.45, 7) is 4.75. The Balaban J connectivity index is 1.39. The van der Waals surface area contributed by atoms with Crippen LogP contribution in [-0.2, 0) is 6.54 Å². The van der Waals surface area contributed by atoms with Crippen molar-refractivity contribution in [1.82, 2.24) is 25.0 Å². The lowest BCUT2D eigenvalue weighted by molar-refractivity contribution is 0.0577. The molecular weight excluding hydrogens is 455 g/mol. The Bertz CT molecular complexity index is 1250. The fourth-order valence-corrected chi connectivity index (χ4v) is 6.18. The van der Waals surface area contributed by atoms with Crippen molar-refractivity contribution < 1.29 is 14.0 Å². The maximum absolute atomic E-state index is 13.9. The van der Waals surface area contributed by atoms with Gasteiger partial charge in [0.15, 0.2) is 5.13 Å². The first-order chi connectivity index (χ1) is 16.4. The maximum atomic E-state index is 13.9. The van der Waals surface area contributed by atoms with E-state index in [1.54, 1.807) is 22.9 Å². The van der Waals surface area contributed by atoms with E-state index in [1.165, 1.54) is 23.5 Å². The third-order valence-corrected chi connectivity index (χ3v) is 7.75. The maximum Gasteiger partial charge on any atom is 0.274 e. The Morgan fingerprint density at radius 2 is 2.12 bits per heavy atom. The first-order valence-corrected chi connectivity index (χ1v) is 12.3. The van der Waals surface area contributed by atoms with Crippen molar-refractivity contribution in [2.45, 2.75) is 51.7 Å². The number of halogens is 1. The Morgan fingerprint density at radius 3 is 2.88 bits per heavy atom. The number of aromatic nitrogens is 3. The molecule has 5 rings (SSSR count).